The van der Waals surface area contributed by atoms with Crippen molar-refractivity contribution in [3.63, 3.8) is 0 Å². The third-order valence-electron chi connectivity index (χ3n) is 5.29. The van der Waals surface area contributed by atoms with Crippen molar-refractivity contribution in [2.75, 3.05) is 23.4 Å². The SMILES string of the molecule is CCN(C(=O)c1ccc(NC(=O)COc2ccc(Br)cc2Br)cc1)c1cccc2ccccc12. The van der Waals surface area contributed by atoms with Crippen LogP contribution < -0.4 is 15.0 Å². The number of fused-ring (bicyclic) bond motifs is 1. The van der Waals surface area contributed by atoms with Gasteiger partial charge in [0, 0.05) is 27.7 Å². The van der Waals surface area contributed by atoms with Gasteiger partial charge in [0.25, 0.3) is 11.8 Å². The van der Waals surface area contributed by atoms with Crippen molar-refractivity contribution in [2.24, 2.45) is 0 Å². The predicted octanol–water partition coefficient (Wildman–Crippen LogP) is 7.05. The fourth-order valence-corrected chi connectivity index (χ4v) is 4.81. The Morgan fingerprint density at radius 3 is 2.38 bits per heavy atom. The highest BCUT2D eigenvalue weighted by Crippen LogP contribution is 2.29. The van der Waals surface area contributed by atoms with Gasteiger partial charge in [-0.15, -0.1) is 0 Å². The molecule has 0 bridgehead atoms. The van der Waals surface area contributed by atoms with E-state index in [4.69, 9.17) is 4.74 Å². The lowest BCUT2D eigenvalue weighted by Crippen LogP contribution is -2.30. The van der Waals surface area contributed by atoms with E-state index in [0.29, 0.717) is 23.5 Å². The molecule has 0 unspecified atom stereocenters. The molecule has 0 atom stereocenters. The summed E-state index contributed by atoms with van der Waals surface area (Å²) in [4.78, 5) is 27.4. The second-order valence-electron chi connectivity index (χ2n) is 7.54. The molecule has 0 saturated heterocycles. The van der Waals surface area contributed by atoms with Gasteiger partial charge in [0.05, 0.1) is 10.2 Å². The maximum absolute atomic E-state index is 13.3. The molecule has 0 aromatic heterocycles. The first-order valence-corrected chi connectivity index (χ1v) is 12.3. The molecule has 34 heavy (non-hydrogen) atoms. The van der Waals surface area contributed by atoms with Gasteiger partial charge in [-0.3, -0.25) is 9.59 Å². The number of amides is 2. The van der Waals surface area contributed by atoms with Gasteiger partial charge in [0.2, 0.25) is 0 Å². The molecule has 0 heterocycles. The molecule has 7 heteroatoms. The summed E-state index contributed by atoms with van der Waals surface area (Å²) in [7, 11) is 0. The fourth-order valence-electron chi connectivity index (χ4n) is 3.65. The predicted molar refractivity (Wildman–Crippen MR) is 144 cm³/mol. The quantitative estimate of drug-likeness (QED) is 0.254. The normalized spacial score (nSPS) is 10.7. The Kier molecular flexibility index (Phi) is 7.65. The van der Waals surface area contributed by atoms with Gasteiger partial charge < -0.3 is 15.0 Å². The van der Waals surface area contributed by atoms with E-state index < -0.39 is 0 Å². The minimum absolute atomic E-state index is 0.0971. The number of nitrogens with one attached hydrogen (secondary N) is 1. The number of ether oxygens (including phenoxy) is 1. The summed E-state index contributed by atoms with van der Waals surface area (Å²) < 4.78 is 7.24. The summed E-state index contributed by atoms with van der Waals surface area (Å²) in [5, 5.41) is 4.91. The van der Waals surface area contributed by atoms with Crippen LogP contribution in [0.5, 0.6) is 5.75 Å². The monoisotopic (exact) mass is 580 g/mol. The lowest BCUT2D eigenvalue weighted by Gasteiger charge is -2.23. The minimum atomic E-state index is -0.292. The average Bonchev–Trinajstić information content (AvgIpc) is 2.84. The van der Waals surface area contributed by atoms with Gasteiger partial charge in [0.15, 0.2) is 6.61 Å². The Morgan fingerprint density at radius 1 is 0.912 bits per heavy atom. The van der Waals surface area contributed by atoms with E-state index in [1.54, 1.807) is 35.2 Å². The van der Waals surface area contributed by atoms with E-state index >= 15 is 0 Å². The summed E-state index contributed by atoms with van der Waals surface area (Å²) in [6.07, 6.45) is 0. The lowest BCUT2D eigenvalue weighted by atomic mass is 10.1. The topological polar surface area (TPSA) is 58.6 Å². The summed E-state index contributed by atoms with van der Waals surface area (Å²) >= 11 is 6.79. The average molecular weight is 582 g/mol. The number of nitrogens with zero attached hydrogens (tertiary/aromatic N) is 1. The minimum Gasteiger partial charge on any atom is -0.483 e. The van der Waals surface area contributed by atoms with Crippen LogP contribution in [0.4, 0.5) is 11.4 Å². The van der Waals surface area contributed by atoms with Crippen molar-refractivity contribution < 1.29 is 14.3 Å². The largest absolute Gasteiger partial charge is 0.483 e. The van der Waals surface area contributed by atoms with E-state index in [2.05, 4.69) is 37.2 Å². The van der Waals surface area contributed by atoms with E-state index in [1.807, 2.05) is 61.5 Å². The van der Waals surface area contributed by atoms with Gasteiger partial charge in [-0.1, -0.05) is 52.3 Å². The zero-order chi connectivity index (χ0) is 24.1. The number of rotatable bonds is 7. The number of hydrogen-bond acceptors (Lipinski definition) is 3. The summed E-state index contributed by atoms with van der Waals surface area (Å²) in [5.74, 6) is 0.187. The Bertz CT molecular complexity index is 1330. The molecular weight excluding hydrogens is 560 g/mol. The van der Waals surface area contributed by atoms with Crippen molar-refractivity contribution in [1.29, 1.82) is 0 Å². The van der Waals surface area contributed by atoms with Gasteiger partial charge in [-0.05, 0) is 76.8 Å². The Balaban J connectivity index is 1.43. The van der Waals surface area contributed by atoms with Crippen LogP contribution in [-0.2, 0) is 4.79 Å². The highest BCUT2D eigenvalue weighted by atomic mass is 79.9. The van der Waals surface area contributed by atoms with E-state index in [1.165, 1.54) is 0 Å². The third-order valence-corrected chi connectivity index (χ3v) is 6.40. The second kappa shape index (κ2) is 10.8. The number of carbonyl (C=O) groups excluding carboxylic acids is 2. The summed E-state index contributed by atoms with van der Waals surface area (Å²) in [6, 6.07) is 26.3. The van der Waals surface area contributed by atoms with Crippen molar-refractivity contribution >= 4 is 65.8 Å². The van der Waals surface area contributed by atoms with Crippen molar-refractivity contribution in [2.45, 2.75) is 6.92 Å². The third kappa shape index (κ3) is 5.48. The van der Waals surface area contributed by atoms with Crippen molar-refractivity contribution in [1.82, 2.24) is 0 Å². The first-order valence-electron chi connectivity index (χ1n) is 10.7. The highest BCUT2D eigenvalue weighted by molar-refractivity contribution is 9.11. The highest BCUT2D eigenvalue weighted by Gasteiger charge is 2.18. The fraction of sp³-hybridized carbons (Fsp3) is 0.111. The molecular formula is C27H22Br2N2O3. The van der Waals surface area contributed by atoms with Crippen LogP contribution in [-0.4, -0.2) is 25.0 Å². The van der Waals surface area contributed by atoms with Crippen LogP contribution >= 0.6 is 31.9 Å². The molecule has 2 amide bonds. The van der Waals surface area contributed by atoms with E-state index in [-0.39, 0.29) is 18.4 Å². The molecule has 0 aliphatic carbocycles. The molecule has 0 fully saturated rings. The maximum Gasteiger partial charge on any atom is 0.262 e. The zero-order valence-electron chi connectivity index (χ0n) is 18.4. The van der Waals surface area contributed by atoms with Crippen LogP contribution in [0.15, 0.2) is 93.9 Å². The van der Waals surface area contributed by atoms with Crippen molar-refractivity contribution in [3.05, 3.63) is 99.4 Å². The van der Waals surface area contributed by atoms with Gasteiger partial charge >= 0.3 is 0 Å². The van der Waals surface area contributed by atoms with E-state index in [0.717, 1.165) is 25.4 Å². The molecule has 5 nitrogen and oxygen atoms in total. The van der Waals surface area contributed by atoms with Gasteiger partial charge in [-0.25, -0.2) is 0 Å². The van der Waals surface area contributed by atoms with Crippen LogP contribution in [0.1, 0.15) is 17.3 Å². The smallest absolute Gasteiger partial charge is 0.262 e. The Labute approximate surface area is 215 Å². The molecule has 1 N–H and O–H groups in total. The van der Waals surface area contributed by atoms with Gasteiger partial charge in [-0.2, -0.15) is 0 Å². The summed E-state index contributed by atoms with van der Waals surface area (Å²) in [6.45, 7) is 2.36. The molecule has 172 valence electrons. The zero-order valence-corrected chi connectivity index (χ0v) is 21.6. The first kappa shape index (κ1) is 24.0. The van der Waals surface area contributed by atoms with Crippen LogP contribution in [0.2, 0.25) is 0 Å². The second-order valence-corrected chi connectivity index (χ2v) is 9.31. The van der Waals surface area contributed by atoms with Crippen LogP contribution in [0.3, 0.4) is 0 Å². The molecule has 0 aliphatic rings. The van der Waals surface area contributed by atoms with Gasteiger partial charge in [0.1, 0.15) is 5.75 Å². The number of carbonyl (C=O) groups is 2. The molecule has 0 saturated carbocycles. The molecule has 4 rings (SSSR count). The number of hydrogen-bond donors (Lipinski definition) is 1. The number of anilines is 2. The molecule has 0 spiro atoms. The Hall–Kier alpha value is -3.16. The number of benzene rings is 4. The van der Waals surface area contributed by atoms with Crippen LogP contribution in [0.25, 0.3) is 10.8 Å². The van der Waals surface area contributed by atoms with E-state index in [9.17, 15) is 9.59 Å². The standard InChI is InChI=1S/C27H22Br2N2O3/c1-2-31(24-9-5-7-18-6-3-4-8-22(18)24)27(33)19-10-13-21(14-11-19)30-26(32)17-34-25-15-12-20(28)16-23(25)29/h3-16H,2,17H2,1H3,(H,30,32). The first-order chi connectivity index (χ1) is 16.5. The molecule has 0 aliphatic heterocycles. The molecule has 0 radical (unpaired) electrons. The van der Waals surface area contributed by atoms with Crippen LogP contribution in [0, 0.1) is 0 Å². The van der Waals surface area contributed by atoms with Crippen molar-refractivity contribution in [3.8, 4) is 5.75 Å². The number of halogens is 2. The lowest BCUT2D eigenvalue weighted by molar-refractivity contribution is -0.118. The Morgan fingerprint density at radius 2 is 1.65 bits per heavy atom. The summed E-state index contributed by atoms with van der Waals surface area (Å²) in [5.41, 5.74) is 2.01. The molecule has 4 aromatic carbocycles. The molecule has 4 aromatic rings. The maximum atomic E-state index is 13.3.